The van der Waals surface area contributed by atoms with Crippen LogP contribution in [0.2, 0.25) is 0 Å². The van der Waals surface area contributed by atoms with Crippen molar-refractivity contribution in [3.8, 4) is 0 Å². The second kappa shape index (κ2) is 10.6. The maximum atomic E-state index is 13.5. The van der Waals surface area contributed by atoms with Gasteiger partial charge in [-0.3, -0.25) is 9.78 Å². The zero-order valence-electron chi connectivity index (χ0n) is 19.0. The third-order valence-electron chi connectivity index (χ3n) is 5.20. The SMILES string of the molecule is CCOC(=O)c1c(NCCc2ccccn2)c2c(C)ncnc2n(OCc2ccccc2)c1=O. The summed E-state index contributed by atoms with van der Waals surface area (Å²) >= 11 is 0. The van der Waals surface area contributed by atoms with Gasteiger partial charge in [0, 0.05) is 24.9 Å². The van der Waals surface area contributed by atoms with Gasteiger partial charge in [-0.15, -0.1) is 4.73 Å². The number of carbonyl (C=O) groups excluding carboxylic acids is 1. The molecule has 1 N–H and O–H groups in total. The van der Waals surface area contributed by atoms with E-state index in [1.54, 1.807) is 20.0 Å². The van der Waals surface area contributed by atoms with Gasteiger partial charge in [-0.05, 0) is 31.5 Å². The summed E-state index contributed by atoms with van der Waals surface area (Å²) in [5.41, 5.74) is 2.12. The Balaban J connectivity index is 1.79. The van der Waals surface area contributed by atoms with Crippen LogP contribution in [0.1, 0.15) is 34.2 Å². The summed E-state index contributed by atoms with van der Waals surface area (Å²) in [5.74, 6) is -0.741. The summed E-state index contributed by atoms with van der Waals surface area (Å²) < 4.78 is 6.27. The van der Waals surface area contributed by atoms with Crippen molar-refractivity contribution in [3.63, 3.8) is 0 Å². The van der Waals surface area contributed by atoms with Crippen molar-refractivity contribution >= 4 is 22.7 Å². The molecule has 0 aliphatic heterocycles. The quantitative estimate of drug-likeness (QED) is 0.381. The van der Waals surface area contributed by atoms with Gasteiger partial charge in [-0.1, -0.05) is 36.4 Å². The molecule has 4 rings (SSSR count). The predicted molar refractivity (Wildman–Crippen MR) is 128 cm³/mol. The Morgan fingerprint density at radius 1 is 1.06 bits per heavy atom. The largest absolute Gasteiger partial charge is 0.462 e. The maximum Gasteiger partial charge on any atom is 0.346 e. The lowest BCUT2D eigenvalue weighted by Gasteiger charge is -2.18. The molecule has 0 atom stereocenters. The van der Waals surface area contributed by atoms with Crippen LogP contribution in [0, 0.1) is 6.92 Å². The normalized spacial score (nSPS) is 10.8. The number of aryl methyl sites for hydroxylation is 1. The number of rotatable bonds is 9. The monoisotopic (exact) mass is 459 g/mol. The number of aromatic nitrogens is 4. The molecule has 0 saturated carbocycles. The first-order chi connectivity index (χ1) is 16.6. The van der Waals surface area contributed by atoms with Crippen LogP contribution in [0.3, 0.4) is 0 Å². The van der Waals surface area contributed by atoms with E-state index >= 15 is 0 Å². The number of ether oxygens (including phenoxy) is 1. The molecule has 0 saturated heterocycles. The lowest BCUT2D eigenvalue weighted by Crippen LogP contribution is -2.34. The van der Waals surface area contributed by atoms with E-state index in [1.807, 2.05) is 48.5 Å². The number of nitrogens with zero attached hydrogens (tertiary/aromatic N) is 4. The van der Waals surface area contributed by atoms with Crippen molar-refractivity contribution < 1.29 is 14.4 Å². The van der Waals surface area contributed by atoms with Gasteiger partial charge in [-0.25, -0.2) is 14.8 Å². The summed E-state index contributed by atoms with van der Waals surface area (Å²) in [7, 11) is 0. The highest BCUT2D eigenvalue weighted by atomic mass is 16.7. The predicted octanol–water partition coefficient (Wildman–Crippen LogP) is 2.96. The van der Waals surface area contributed by atoms with Crippen molar-refractivity contribution in [2.24, 2.45) is 0 Å². The average Bonchev–Trinajstić information content (AvgIpc) is 2.85. The first-order valence-corrected chi connectivity index (χ1v) is 11.0. The molecule has 0 spiro atoms. The number of anilines is 1. The van der Waals surface area contributed by atoms with Crippen LogP contribution >= 0.6 is 0 Å². The fourth-order valence-corrected chi connectivity index (χ4v) is 3.60. The minimum atomic E-state index is -0.741. The third-order valence-corrected chi connectivity index (χ3v) is 5.20. The van der Waals surface area contributed by atoms with E-state index in [-0.39, 0.29) is 24.4 Å². The zero-order valence-corrected chi connectivity index (χ0v) is 19.0. The molecule has 4 aromatic rings. The highest BCUT2D eigenvalue weighted by Gasteiger charge is 2.26. The second-order valence-electron chi connectivity index (χ2n) is 7.48. The molecule has 3 aromatic heterocycles. The van der Waals surface area contributed by atoms with Crippen LogP contribution in [0.5, 0.6) is 0 Å². The second-order valence-corrected chi connectivity index (χ2v) is 7.48. The van der Waals surface area contributed by atoms with Gasteiger partial charge >= 0.3 is 11.5 Å². The standard InChI is InChI=1S/C25H25N5O4/c1-3-33-25(32)21-22(27-14-12-19-11-7-8-13-26-19)20-17(2)28-16-29-23(20)30(24(21)31)34-15-18-9-5-4-6-10-18/h4-11,13,16,27H,3,12,14-15H2,1-2H3. The molecule has 0 fully saturated rings. The Hall–Kier alpha value is -4.27. The lowest BCUT2D eigenvalue weighted by molar-refractivity contribution is 0.0513. The fourth-order valence-electron chi connectivity index (χ4n) is 3.60. The van der Waals surface area contributed by atoms with Crippen molar-refractivity contribution in [2.45, 2.75) is 26.9 Å². The number of fused-ring (bicyclic) bond motifs is 1. The minimum absolute atomic E-state index is 0.119. The van der Waals surface area contributed by atoms with Gasteiger partial charge in [0.1, 0.15) is 12.9 Å². The highest BCUT2D eigenvalue weighted by Crippen LogP contribution is 2.26. The van der Waals surface area contributed by atoms with Crippen molar-refractivity contribution in [1.29, 1.82) is 0 Å². The molecule has 0 radical (unpaired) electrons. The van der Waals surface area contributed by atoms with E-state index in [9.17, 15) is 9.59 Å². The van der Waals surface area contributed by atoms with Crippen molar-refractivity contribution in [1.82, 2.24) is 19.7 Å². The van der Waals surface area contributed by atoms with Crippen LogP contribution < -0.4 is 15.7 Å². The van der Waals surface area contributed by atoms with Gasteiger partial charge in [0.15, 0.2) is 11.2 Å². The molecule has 0 bridgehead atoms. The molecule has 1 aromatic carbocycles. The van der Waals surface area contributed by atoms with Crippen LogP contribution in [0.25, 0.3) is 11.0 Å². The summed E-state index contributed by atoms with van der Waals surface area (Å²) in [6.45, 7) is 4.15. The number of hydrogen-bond donors (Lipinski definition) is 1. The van der Waals surface area contributed by atoms with E-state index in [1.165, 1.54) is 6.33 Å². The first kappa shape index (κ1) is 22.9. The molecule has 9 heteroatoms. The summed E-state index contributed by atoms with van der Waals surface area (Å²) in [5, 5.41) is 3.75. The van der Waals surface area contributed by atoms with E-state index in [4.69, 9.17) is 9.57 Å². The number of carbonyl (C=O) groups is 1. The zero-order chi connectivity index (χ0) is 23.9. The molecule has 0 unspecified atom stereocenters. The van der Waals surface area contributed by atoms with Crippen molar-refractivity contribution in [2.75, 3.05) is 18.5 Å². The van der Waals surface area contributed by atoms with Crippen LogP contribution in [-0.4, -0.2) is 38.8 Å². The maximum absolute atomic E-state index is 13.5. The van der Waals surface area contributed by atoms with Crippen LogP contribution in [-0.2, 0) is 17.8 Å². The Morgan fingerprint density at radius 3 is 2.59 bits per heavy atom. The molecule has 0 aliphatic carbocycles. The van der Waals surface area contributed by atoms with E-state index in [0.717, 1.165) is 16.0 Å². The first-order valence-electron chi connectivity index (χ1n) is 11.0. The van der Waals surface area contributed by atoms with Gasteiger partial charge in [0.25, 0.3) is 0 Å². The van der Waals surface area contributed by atoms with Crippen LogP contribution in [0.15, 0.2) is 65.8 Å². The summed E-state index contributed by atoms with van der Waals surface area (Å²) in [4.78, 5) is 45.2. The highest BCUT2D eigenvalue weighted by molar-refractivity contribution is 6.04. The molecular formula is C25H25N5O4. The summed E-state index contributed by atoms with van der Waals surface area (Å²) in [6, 6.07) is 15.1. The number of benzene rings is 1. The van der Waals surface area contributed by atoms with Crippen molar-refractivity contribution in [3.05, 3.63) is 93.9 Å². The Morgan fingerprint density at radius 2 is 1.85 bits per heavy atom. The topological polar surface area (TPSA) is 108 Å². The minimum Gasteiger partial charge on any atom is -0.462 e. The molecule has 9 nitrogen and oxygen atoms in total. The summed E-state index contributed by atoms with van der Waals surface area (Å²) in [6.07, 6.45) is 3.67. The van der Waals surface area contributed by atoms with Gasteiger partial charge in [-0.2, -0.15) is 0 Å². The number of pyridine rings is 2. The Kier molecular flexibility index (Phi) is 7.12. The molecule has 34 heavy (non-hydrogen) atoms. The van der Waals surface area contributed by atoms with E-state index < -0.39 is 11.5 Å². The van der Waals surface area contributed by atoms with E-state index in [0.29, 0.717) is 29.7 Å². The molecule has 0 aliphatic rings. The molecule has 3 heterocycles. The third kappa shape index (κ3) is 4.88. The van der Waals surface area contributed by atoms with E-state index in [2.05, 4.69) is 20.3 Å². The average molecular weight is 460 g/mol. The number of esters is 1. The van der Waals surface area contributed by atoms with Gasteiger partial charge < -0.3 is 14.9 Å². The smallest absolute Gasteiger partial charge is 0.346 e. The van der Waals surface area contributed by atoms with Gasteiger partial charge in [0.05, 0.1) is 23.4 Å². The number of hydrogen-bond acceptors (Lipinski definition) is 8. The molecule has 0 amide bonds. The fraction of sp³-hybridized carbons (Fsp3) is 0.240. The Labute approximate surface area is 196 Å². The van der Waals surface area contributed by atoms with Gasteiger partial charge in [0.2, 0.25) is 0 Å². The molecular weight excluding hydrogens is 434 g/mol. The van der Waals surface area contributed by atoms with Crippen LogP contribution in [0.4, 0.5) is 5.69 Å². The Bertz CT molecular complexity index is 1340. The number of nitrogens with one attached hydrogen (secondary N) is 1. The molecule has 174 valence electrons. The lowest BCUT2D eigenvalue weighted by atomic mass is 10.1.